The minimum atomic E-state index is -0.534. The Hall–Kier alpha value is -2.69. The number of carbonyl (C=O) groups excluding carboxylic acids is 1. The van der Waals surface area contributed by atoms with Crippen LogP contribution in [-0.4, -0.2) is 26.2 Å². The van der Waals surface area contributed by atoms with Crippen molar-refractivity contribution in [2.24, 2.45) is 0 Å². The number of benzene rings is 2. The van der Waals surface area contributed by atoms with E-state index in [1.165, 1.54) is 0 Å². The average Bonchev–Trinajstić information content (AvgIpc) is 2.99. The molecule has 0 saturated heterocycles. The smallest absolute Gasteiger partial charge is 0.265 e. The van der Waals surface area contributed by atoms with Gasteiger partial charge in [-0.2, -0.15) is 0 Å². The maximum absolute atomic E-state index is 12.4. The topological polar surface area (TPSA) is 56.8 Å². The summed E-state index contributed by atoms with van der Waals surface area (Å²) in [6.45, 7) is 0. The molecule has 1 atom stereocenters. The first-order valence-corrected chi connectivity index (χ1v) is 6.98. The van der Waals surface area contributed by atoms with Crippen molar-refractivity contribution in [1.29, 1.82) is 0 Å². The van der Waals surface area contributed by atoms with E-state index in [-0.39, 0.29) is 5.91 Å². The van der Waals surface area contributed by atoms with Gasteiger partial charge in [0.05, 0.1) is 19.9 Å². The first kappa shape index (κ1) is 14.3. The number of hydrogen-bond acceptors (Lipinski definition) is 4. The monoisotopic (exact) mass is 299 g/mol. The molecule has 5 heteroatoms. The summed E-state index contributed by atoms with van der Waals surface area (Å²) in [4.78, 5) is 12.4. The van der Waals surface area contributed by atoms with Crippen molar-refractivity contribution in [3.05, 3.63) is 48.0 Å². The Labute approximate surface area is 128 Å². The Bertz CT molecular complexity index is 674. The van der Waals surface area contributed by atoms with Crippen molar-refractivity contribution in [2.75, 3.05) is 19.5 Å². The lowest BCUT2D eigenvalue weighted by Crippen LogP contribution is -2.31. The number of ether oxygens (including phenoxy) is 3. The predicted octanol–water partition coefficient (Wildman–Crippen LogP) is 2.65. The second-order valence-corrected chi connectivity index (χ2v) is 4.97. The van der Waals surface area contributed by atoms with Gasteiger partial charge in [0.25, 0.3) is 5.91 Å². The van der Waals surface area contributed by atoms with Crippen molar-refractivity contribution in [1.82, 2.24) is 0 Å². The van der Waals surface area contributed by atoms with Gasteiger partial charge in [-0.05, 0) is 23.8 Å². The lowest BCUT2D eigenvalue weighted by atomic mass is 10.1. The van der Waals surface area contributed by atoms with Crippen molar-refractivity contribution in [3.63, 3.8) is 0 Å². The predicted molar refractivity (Wildman–Crippen MR) is 82.7 cm³/mol. The van der Waals surface area contributed by atoms with Crippen LogP contribution in [0, 0.1) is 0 Å². The molecular formula is C17H17NO4. The molecule has 22 heavy (non-hydrogen) atoms. The molecule has 0 aromatic heterocycles. The summed E-state index contributed by atoms with van der Waals surface area (Å²) in [6.07, 6.45) is 0.0298. The van der Waals surface area contributed by atoms with Crippen LogP contribution in [-0.2, 0) is 11.2 Å². The fourth-order valence-electron chi connectivity index (χ4n) is 2.45. The highest BCUT2D eigenvalue weighted by atomic mass is 16.5. The van der Waals surface area contributed by atoms with Crippen LogP contribution in [0.4, 0.5) is 5.69 Å². The number of hydrogen-bond donors (Lipinski definition) is 1. The molecule has 1 unspecified atom stereocenters. The van der Waals surface area contributed by atoms with E-state index in [4.69, 9.17) is 14.2 Å². The van der Waals surface area contributed by atoms with E-state index < -0.39 is 6.10 Å². The molecule has 1 heterocycles. The molecular weight excluding hydrogens is 282 g/mol. The van der Waals surface area contributed by atoms with Crippen LogP contribution in [0.2, 0.25) is 0 Å². The Kier molecular flexibility index (Phi) is 3.87. The van der Waals surface area contributed by atoms with Crippen molar-refractivity contribution in [2.45, 2.75) is 12.5 Å². The fraction of sp³-hybridized carbons (Fsp3) is 0.235. The molecule has 2 aromatic rings. The third kappa shape index (κ3) is 2.70. The van der Waals surface area contributed by atoms with Gasteiger partial charge in [0.15, 0.2) is 6.10 Å². The van der Waals surface area contributed by atoms with Gasteiger partial charge < -0.3 is 19.5 Å². The zero-order valence-electron chi connectivity index (χ0n) is 12.5. The number of anilines is 1. The minimum absolute atomic E-state index is 0.206. The molecule has 0 aliphatic carbocycles. The molecule has 0 fully saturated rings. The lowest BCUT2D eigenvalue weighted by molar-refractivity contribution is -0.122. The normalized spacial score (nSPS) is 15.6. The summed E-state index contributed by atoms with van der Waals surface area (Å²) in [7, 11) is 3.13. The molecule has 0 saturated carbocycles. The first-order chi connectivity index (χ1) is 10.7. The maximum Gasteiger partial charge on any atom is 0.265 e. The standard InChI is InChI=1S/C17H17NO4/c1-20-12-7-8-15(21-2)13(10-12)18-17(19)16-9-11-5-3-4-6-14(11)22-16/h3-8,10,16H,9H2,1-2H3,(H,18,19). The number of carbonyl (C=O) groups is 1. The van der Waals surface area contributed by atoms with Crippen LogP contribution in [0.5, 0.6) is 17.2 Å². The van der Waals surface area contributed by atoms with E-state index in [1.807, 2.05) is 24.3 Å². The lowest BCUT2D eigenvalue weighted by Gasteiger charge is -2.14. The van der Waals surface area contributed by atoms with Crippen LogP contribution in [0.25, 0.3) is 0 Å². The fourth-order valence-corrected chi connectivity index (χ4v) is 2.45. The Morgan fingerprint density at radius 2 is 2.00 bits per heavy atom. The SMILES string of the molecule is COc1ccc(OC)c(NC(=O)C2Cc3ccccc3O2)c1. The quantitative estimate of drug-likeness (QED) is 0.943. The van der Waals surface area contributed by atoms with E-state index in [2.05, 4.69) is 5.32 Å². The highest BCUT2D eigenvalue weighted by molar-refractivity contribution is 5.96. The van der Waals surface area contributed by atoms with Crippen LogP contribution in [0.3, 0.4) is 0 Å². The Morgan fingerprint density at radius 3 is 2.73 bits per heavy atom. The second kappa shape index (κ2) is 5.97. The average molecular weight is 299 g/mol. The van der Waals surface area contributed by atoms with Gasteiger partial charge in [0.2, 0.25) is 0 Å². The van der Waals surface area contributed by atoms with E-state index in [0.717, 1.165) is 11.3 Å². The number of rotatable bonds is 4. The minimum Gasteiger partial charge on any atom is -0.497 e. The van der Waals surface area contributed by atoms with E-state index in [0.29, 0.717) is 23.6 Å². The Balaban J connectivity index is 1.75. The highest BCUT2D eigenvalue weighted by Gasteiger charge is 2.29. The number of fused-ring (bicyclic) bond motifs is 1. The van der Waals surface area contributed by atoms with Crippen molar-refractivity contribution < 1.29 is 19.0 Å². The number of methoxy groups -OCH3 is 2. The molecule has 3 rings (SSSR count). The second-order valence-electron chi connectivity index (χ2n) is 4.97. The molecule has 0 radical (unpaired) electrons. The Morgan fingerprint density at radius 1 is 1.18 bits per heavy atom. The summed E-state index contributed by atoms with van der Waals surface area (Å²) >= 11 is 0. The van der Waals surface area contributed by atoms with Crippen LogP contribution in [0.1, 0.15) is 5.56 Å². The number of amides is 1. The zero-order valence-corrected chi connectivity index (χ0v) is 12.5. The summed E-state index contributed by atoms with van der Waals surface area (Å²) in [5.41, 5.74) is 1.60. The molecule has 1 amide bonds. The molecule has 5 nitrogen and oxygen atoms in total. The van der Waals surface area contributed by atoms with Gasteiger partial charge in [-0.3, -0.25) is 4.79 Å². The summed E-state index contributed by atoms with van der Waals surface area (Å²) in [6, 6.07) is 12.9. The number of nitrogens with one attached hydrogen (secondary N) is 1. The van der Waals surface area contributed by atoms with Gasteiger partial charge in [-0.25, -0.2) is 0 Å². The van der Waals surface area contributed by atoms with Crippen LogP contribution >= 0.6 is 0 Å². The number of para-hydroxylation sites is 1. The van der Waals surface area contributed by atoms with E-state index >= 15 is 0 Å². The third-order valence-electron chi connectivity index (χ3n) is 3.60. The zero-order chi connectivity index (χ0) is 15.5. The largest absolute Gasteiger partial charge is 0.497 e. The first-order valence-electron chi connectivity index (χ1n) is 6.98. The molecule has 1 aliphatic rings. The molecule has 2 aromatic carbocycles. The summed E-state index contributed by atoms with van der Waals surface area (Å²) in [5, 5.41) is 2.84. The van der Waals surface area contributed by atoms with Gasteiger partial charge in [0.1, 0.15) is 17.2 Å². The molecule has 114 valence electrons. The summed E-state index contributed by atoms with van der Waals surface area (Å²) in [5.74, 6) is 1.78. The van der Waals surface area contributed by atoms with Gasteiger partial charge in [-0.1, -0.05) is 18.2 Å². The van der Waals surface area contributed by atoms with Gasteiger partial charge in [0, 0.05) is 12.5 Å². The maximum atomic E-state index is 12.4. The van der Waals surface area contributed by atoms with Crippen molar-refractivity contribution >= 4 is 11.6 Å². The van der Waals surface area contributed by atoms with Crippen LogP contribution < -0.4 is 19.5 Å². The molecule has 1 aliphatic heterocycles. The van der Waals surface area contributed by atoms with E-state index in [9.17, 15) is 4.79 Å². The van der Waals surface area contributed by atoms with E-state index in [1.54, 1.807) is 32.4 Å². The van der Waals surface area contributed by atoms with Crippen LogP contribution in [0.15, 0.2) is 42.5 Å². The third-order valence-corrected chi connectivity index (χ3v) is 3.60. The summed E-state index contributed by atoms with van der Waals surface area (Å²) < 4.78 is 16.1. The molecule has 0 spiro atoms. The van der Waals surface area contributed by atoms with Gasteiger partial charge >= 0.3 is 0 Å². The molecule has 1 N–H and O–H groups in total. The highest BCUT2D eigenvalue weighted by Crippen LogP contribution is 2.31. The van der Waals surface area contributed by atoms with Gasteiger partial charge in [-0.15, -0.1) is 0 Å². The molecule has 0 bridgehead atoms. The van der Waals surface area contributed by atoms with Crippen molar-refractivity contribution in [3.8, 4) is 17.2 Å².